The van der Waals surface area contributed by atoms with E-state index in [2.05, 4.69) is 26.2 Å². The Bertz CT molecular complexity index is 230. The molecule has 0 radical (unpaired) electrons. The highest BCUT2D eigenvalue weighted by molar-refractivity contribution is 6.82. The number of hydrogen-bond acceptors (Lipinski definition) is 4. The molecule has 1 rings (SSSR count). The topological polar surface area (TPSA) is 40.2 Å². The highest BCUT2D eigenvalue weighted by Crippen LogP contribution is 2.20. The molecule has 17 heavy (non-hydrogen) atoms. The van der Waals surface area contributed by atoms with Gasteiger partial charge in [-0.15, -0.1) is 0 Å². The quantitative estimate of drug-likeness (QED) is 0.369. The van der Waals surface area contributed by atoms with E-state index >= 15 is 0 Å². The van der Waals surface area contributed by atoms with E-state index in [4.69, 9.17) is 18.0 Å². The zero-order valence-electron chi connectivity index (χ0n) is 11.7. The predicted molar refractivity (Wildman–Crippen MR) is 73.0 cm³/mol. The monoisotopic (exact) mass is 278 g/mol. The lowest BCUT2D eigenvalue weighted by Crippen LogP contribution is -2.45. The van der Waals surface area contributed by atoms with Gasteiger partial charge in [0.05, 0.1) is 13.2 Å². The molecule has 0 aromatic heterocycles. The van der Waals surface area contributed by atoms with Crippen LogP contribution in [0.25, 0.3) is 0 Å². The maximum absolute atomic E-state index is 6.19. The van der Waals surface area contributed by atoms with Gasteiger partial charge in [0.25, 0.3) is 0 Å². The third-order valence-electron chi connectivity index (χ3n) is 2.79. The van der Waals surface area contributed by atoms with Gasteiger partial charge < -0.3 is 18.0 Å². The number of ether oxygens (including phenoxy) is 2. The van der Waals surface area contributed by atoms with Crippen molar-refractivity contribution in [2.45, 2.75) is 44.8 Å². The fourth-order valence-electron chi connectivity index (χ4n) is 1.74. The summed E-state index contributed by atoms with van der Waals surface area (Å²) in [5.74, 6) is 0. The van der Waals surface area contributed by atoms with Gasteiger partial charge in [0, 0.05) is 13.7 Å². The van der Waals surface area contributed by atoms with Crippen LogP contribution >= 0.6 is 0 Å². The van der Waals surface area contributed by atoms with Gasteiger partial charge in [0.2, 0.25) is 0 Å². The first-order valence-corrected chi connectivity index (χ1v) is 12.2. The standard InChI is InChI=1S/C11H26O4Si2/c1-12-17(4,5)15-16(2,3)8-6-7-13-9-11-10-14-11/h11H,6-10H2,1-5H3. The minimum absolute atomic E-state index is 0.372. The van der Waals surface area contributed by atoms with Crippen LogP contribution in [0.15, 0.2) is 0 Å². The van der Waals surface area contributed by atoms with Crippen LogP contribution in [-0.4, -0.2) is 49.9 Å². The van der Waals surface area contributed by atoms with Crippen molar-refractivity contribution in [2.24, 2.45) is 0 Å². The van der Waals surface area contributed by atoms with Crippen molar-refractivity contribution in [3.05, 3.63) is 0 Å². The second kappa shape index (κ2) is 6.44. The second-order valence-corrected chi connectivity index (χ2v) is 13.6. The predicted octanol–water partition coefficient (Wildman–Crippen LogP) is 2.36. The average molecular weight is 278 g/mol. The van der Waals surface area contributed by atoms with E-state index in [9.17, 15) is 0 Å². The maximum atomic E-state index is 6.19. The molecule has 1 heterocycles. The van der Waals surface area contributed by atoms with Crippen LogP contribution in [0, 0.1) is 0 Å². The van der Waals surface area contributed by atoms with Gasteiger partial charge in [-0.1, -0.05) is 0 Å². The van der Waals surface area contributed by atoms with Crippen molar-refractivity contribution in [1.82, 2.24) is 0 Å². The largest absolute Gasteiger partial charge is 0.436 e. The van der Waals surface area contributed by atoms with Crippen LogP contribution in [0.3, 0.4) is 0 Å². The summed E-state index contributed by atoms with van der Waals surface area (Å²) in [5.41, 5.74) is 0. The summed E-state index contributed by atoms with van der Waals surface area (Å²) < 4.78 is 22.2. The zero-order valence-corrected chi connectivity index (χ0v) is 13.7. The smallest absolute Gasteiger partial charge is 0.321 e. The van der Waals surface area contributed by atoms with Gasteiger partial charge in [-0.3, -0.25) is 0 Å². The molecular weight excluding hydrogens is 252 g/mol. The summed E-state index contributed by atoms with van der Waals surface area (Å²) in [5, 5.41) is 0. The Labute approximate surface area is 107 Å². The average Bonchev–Trinajstić information content (AvgIpc) is 2.99. The van der Waals surface area contributed by atoms with Crippen molar-refractivity contribution in [2.75, 3.05) is 26.9 Å². The molecule has 1 aliphatic heterocycles. The summed E-state index contributed by atoms with van der Waals surface area (Å²) in [6.45, 7) is 11.1. The molecule has 0 spiro atoms. The lowest BCUT2D eigenvalue weighted by atomic mass is 10.5. The SMILES string of the molecule is CO[Si](C)(C)O[Si](C)(C)CCCOCC1CO1. The number of rotatable bonds is 9. The minimum Gasteiger partial charge on any atom is -0.436 e. The summed E-state index contributed by atoms with van der Waals surface area (Å²) in [6, 6.07) is 1.12. The van der Waals surface area contributed by atoms with Gasteiger partial charge in [0.15, 0.2) is 8.32 Å². The fraction of sp³-hybridized carbons (Fsp3) is 1.00. The lowest BCUT2D eigenvalue weighted by molar-refractivity contribution is 0.116. The van der Waals surface area contributed by atoms with Crippen molar-refractivity contribution in [3.8, 4) is 0 Å². The number of epoxide rings is 1. The molecule has 0 bridgehead atoms. The zero-order chi connectivity index (χ0) is 12.9. The molecule has 0 amide bonds. The van der Waals surface area contributed by atoms with E-state index in [1.54, 1.807) is 7.11 Å². The van der Waals surface area contributed by atoms with Crippen molar-refractivity contribution >= 4 is 16.9 Å². The van der Waals surface area contributed by atoms with E-state index in [1.807, 2.05) is 0 Å². The van der Waals surface area contributed by atoms with E-state index in [1.165, 1.54) is 0 Å². The third-order valence-corrected chi connectivity index (χ3v) is 9.50. The molecule has 0 aromatic carbocycles. The Hall–Kier alpha value is 0.274. The fourth-order valence-corrected chi connectivity index (χ4v) is 8.80. The van der Waals surface area contributed by atoms with Crippen molar-refractivity contribution < 1.29 is 18.0 Å². The van der Waals surface area contributed by atoms with Crippen LogP contribution in [0.4, 0.5) is 0 Å². The van der Waals surface area contributed by atoms with Gasteiger partial charge in [-0.25, -0.2) is 0 Å². The molecule has 6 heteroatoms. The Balaban J connectivity index is 2.09. The van der Waals surface area contributed by atoms with E-state index in [0.717, 1.165) is 32.3 Å². The molecule has 1 unspecified atom stereocenters. The molecule has 0 saturated carbocycles. The number of hydrogen-bond donors (Lipinski definition) is 0. The Morgan fingerprint density at radius 3 is 2.41 bits per heavy atom. The maximum Gasteiger partial charge on any atom is 0.321 e. The first-order valence-electron chi connectivity index (χ1n) is 6.29. The third kappa shape index (κ3) is 7.33. The molecular formula is C11H26O4Si2. The van der Waals surface area contributed by atoms with E-state index < -0.39 is 16.9 Å². The Morgan fingerprint density at radius 2 is 1.88 bits per heavy atom. The van der Waals surface area contributed by atoms with Crippen molar-refractivity contribution in [1.29, 1.82) is 0 Å². The van der Waals surface area contributed by atoms with Gasteiger partial charge in [-0.05, 0) is 38.7 Å². The van der Waals surface area contributed by atoms with Crippen LogP contribution < -0.4 is 0 Å². The normalized spacial score (nSPS) is 20.6. The molecule has 1 fully saturated rings. The summed E-state index contributed by atoms with van der Waals surface area (Å²) in [7, 11) is -1.74. The Morgan fingerprint density at radius 1 is 1.24 bits per heavy atom. The van der Waals surface area contributed by atoms with Crippen LogP contribution in [-0.2, 0) is 18.0 Å². The van der Waals surface area contributed by atoms with Gasteiger partial charge in [-0.2, -0.15) is 0 Å². The van der Waals surface area contributed by atoms with Crippen molar-refractivity contribution in [3.63, 3.8) is 0 Å². The van der Waals surface area contributed by atoms with E-state index in [-0.39, 0.29) is 0 Å². The highest BCUT2D eigenvalue weighted by atomic mass is 28.4. The molecule has 1 saturated heterocycles. The molecule has 0 aliphatic carbocycles. The summed E-state index contributed by atoms with van der Waals surface area (Å²) in [4.78, 5) is 0. The van der Waals surface area contributed by atoms with Crippen LogP contribution in [0.2, 0.25) is 32.2 Å². The molecule has 102 valence electrons. The first-order chi connectivity index (χ1) is 7.85. The lowest BCUT2D eigenvalue weighted by Gasteiger charge is -2.32. The van der Waals surface area contributed by atoms with Crippen LogP contribution in [0.5, 0.6) is 0 Å². The highest BCUT2D eigenvalue weighted by Gasteiger charge is 2.33. The second-order valence-electron chi connectivity index (χ2n) is 5.60. The van der Waals surface area contributed by atoms with E-state index in [0.29, 0.717) is 6.10 Å². The summed E-state index contributed by atoms with van der Waals surface area (Å²) in [6.07, 6.45) is 1.44. The molecule has 4 nitrogen and oxygen atoms in total. The molecule has 1 aliphatic rings. The van der Waals surface area contributed by atoms with Gasteiger partial charge in [0.1, 0.15) is 6.10 Å². The van der Waals surface area contributed by atoms with Crippen LogP contribution in [0.1, 0.15) is 6.42 Å². The first kappa shape index (κ1) is 15.3. The minimum atomic E-state index is -1.89. The molecule has 0 N–H and O–H groups in total. The van der Waals surface area contributed by atoms with Gasteiger partial charge >= 0.3 is 8.56 Å². The molecule has 1 atom stereocenters. The molecule has 0 aromatic rings. The Kier molecular flexibility index (Phi) is 5.81. The summed E-state index contributed by atoms with van der Waals surface area (Å²) >= 11 is 0.